The summed E-state index contributed by atoms with van der Waals surface area (Å²) in [4.78, 5) is 46.0. The second-order valence-electron chi connectivity index (χ2n) is 5.55. The Labute approximate surface area is 141 Å². The van der Waals surface area contributed by atoms with E-state index in [1.807, 2.05) is 0 Å². The monoisotopic (exact) mass is 351 g/mol. The predicted octanol–water partition coefficient (Wildman–Crippen LogP) is 1.21. The van der Waals surface area contributed by atoms with Crippen LogP contribution >= 0.6 is 0 Å². The Morgan fingerprint density at radius 1 is 1.44 bits per heavy atom. The first kappa shape index (κ1) is 18.2. The molecule has 1 heterocycles. The topological polar surface area (TPSA) is 136 Å². The Kier molecular flexibility index (Phi) is 5.20. The predicted molar refractivity (Wildman–Crippen MR) is 86.2 cm³/mol. The van der Waals surface area contributed by atoms with Crippen LogP contribution in [0.4, 0.5) is 5.69 Å². The lowest BCUT2D eigenvalue weighted by Gasteiger charge is -2.21. The van der Waals surface area contributed by atoms with Gasteiger partial charge in [-0.15, -0.1) is 0 Å². The van der Waals surface area contributed by atoms with Crippen LogP contribution in [0, 0.1) is 10.1 Å². The number of aliphatic carboxylic acids is 1. The lowest BCUT2D eigenvalue weighted by atomic mass is 10.2. The van der Waals surface area contributed by atoms with E-state index in [-0.39, 0.29) is 30.1 Å². The Balaban J connectivity index is 2.07. The summed E-state index contributed by atoms with van der Waals surface area (Å²) < 4.78 is 6.28. The molecule has 134 valence electrons. The number of likely N-dealkylation sites (N-methyl/N-ethyl adjacent to an activating group) is 1. The maximum atomic E-state index is 12.0. The summed E-state index contributed by atoms with van der Waals surface area (Å²) in [5, 5.41) is 19.6. The summed E-state index contributed by atoms with van der Waals surface area (Å²) in [5.74, 6) is -2.13. The molecule has 1 amide bonds. The average Bonchev–Trinajstić information content (AvgIpc) is 2.87. The molecule has 0 saturated carbocycles. The van der Waals surface area contributed by atoms with Crippen LogP contribution in [0.2, 0.25) is 0 Å². The van der Waals surface area contributed by atoms with Gasteiger partial charge in [-0.1, -0.05) is 0 Å². The van der Waals surface area contributed by atoms with Crippen molar-refractivity contribution < 1.29 is 24.0 Å². The van der Waals surface area contributed by atoms with E-state index in [1.54, 1.807) is 0 Å². The second kappa shape index (κ2) is 7.16. The number of amides is 1. The molecule has 2 rings (SSSR count). The van der Waals surface area contributed by atoms with Crippen molar-refractivity contribution in [2.75, 3.05) is 7.05 Å². The van der Waals surface area contributed by atoms with Gasteiger partial charge in [0.05, 0.1) is 16.5 Å². The number of nitro benzene ring substituents is 1. The first-order valence-electron chi connectivity index (χ1n) is 7.48. The number of non-ortho nitro benzene ring substituents is 1. The van der Waals surface area contributed by atoms with Gasteiger partial charge >= 0.3 is 11.7 Å². The molecule has 0 fully saturated rings. The van der Waals surface area contributed by atoms with Crippen molar-refractivity contribution in [2.45, 2.75) is 32.4 Å². The van der Waals surface area contributed by atoms with Crippen molar-refractivity contribution in [3.63, 3.8) is 0 Å². The van der Waals surface area contributed by atoms with Crippen LogP contribution in [0.1, 0.15) is 19.8 Å². The van der Waals surface area contributed by atoms with Crippen molar-refractivity contribution in [1.29, 1.82) is 0 Å². The molecule has 1 aromatic carbocycles. The number of aryl methyl sites for hydroxylation is 1. The fraction of sp³-hybridized carbons (Fsp3) is 0.400. The summed E-state index contributed by atoms with van der Waals surface area (Å²) >= 11 is 0. The van der Waals surface area contributed by atoms with Crippen molar-refractivity contribution in [2.24, 2.45) is 0 Å². The fourth-order valence-electron chi connectivity index (χ4n) is 2.33. The van der Waals surface area contributed by atoms with E-state index in [0.717, 1.165) is 4.90 Å². The summed E-state index contributed by atoms with van der Waals surface area (Å²) in [6, 6.07) is 2.91. The Morgan fingerprint density at radius 3 is 2.72 bits per heavy atom. The van der Waals surface area contributed by atoms with E-state index in [0.29, 0.717) is 11.9 Å². The number of oxazole rings is 1. The van der Waals surface area contributed by atoms with Gasteiger partial charge in [0.15, 0.2) is 5.58 Å². The molecule has 0 radical (unpaired) electrons. The van der Waals surface area contributed by atoms with Crippen LogP contribution in [0.15, 0.2) is 27.4 Å². The number of carboxylic acids is 1. The van der Waals surface area contributed by atoms with Crippen LogP contribution in [0.25, 0.3) is 11.1 Å². The maximum Gasteiger partial charge on any atom is 0.419 e. The van der Waals surface area contributed by atoms with E-state index in [4.69, 9.17) is 9.52 Å². The van der Waals surface area contributed by atoms with Gasteiger partial charge in [-0.2, -0.15) is 0 Å². The first-order valence-corrected chi connectivity index (χ1v) is 7.48. The number of nitrogens with zero attached hydrogens (tertiary/aromatic N) is 3. The molecule has 2 aromatic rings. The van der Waals surface area contributed by atoms with Gasteiger partial charge in [0.2, 0.25) is 5.91 Å². The van der Waals surface area contributed by atoms with Crippen molar-refractivity contribution in [3.8, 4) is 0 Å². The normalized spacial score (nSPS) is 12.1. The number of hydrogen-bond donors (Lipinski definition) is 1. The third-order valence-electron chi connectivity index (χ3n) is 3.97. The number of aromatic nitrogens is 1. The summed E-state index contributed by atoms with van der Waals surface area (Å²) in [5.41, 5.74) is 0.310. The largest absolute Gasteiger partial charge is 0.480 e. The number of rotatable bonds is 7. The highest BCUT2D eigenvalue weighted by Gasteiger charge is 2.21. The molecule has 0 aliphatic rings. The van der Waals surface area contributed by atoms with Crippen molar-refractivity contribution in [1.82, 2.24) is 9.47 Å². The molecule has 1 unspecified atom stereocenters. The zero-order valence-corrected chi connectivity index (χ0v) is 13.7. The smallest absolute Gasteiger partial charge is 0.419 e. The van der Waals surface area contributed by atoms with Crippen molar-refractivity contribution >= 4 is 28.7 Å². The quantitative estimate of drug-likeness (QED) is 0.585. The highest BCUT2D eigenvalue weighted by atomic mass is 16.6. The molecule has 0 saturated heterocycles. The number of hydrogen-bond acceptors (Lipinski definition) is 6. The minimum absolute atomic E-state index is 0.0558. The number of carbonyl (C=O) groups is 2. The standard InChI is InChI=1S/C15H17N3O7/c1-9(14(20)21)16(2)13(19)4-3-7-17-11-6-5-10(18(23)24)8-12(11)25-15(17)22/h5-6,8-9H,3-4,7H2,1-2H3,(H,20,21). The number of carboxylic acid groups (broad SMARTS) is 1. The third kappa shape index (κ3) is 3.84. The van der Waals surface area contributed by atoms with Gasteiger partial charge in [0.25, 0.3) is 5.69 Å². The number of fused-ring (bicyclic) bond motifs is 1. The van der Waals surface area contributed by atoms with Gasteiger partial charge in [-0.3, -0.25) is 19.5 Å². The van der Waals surface area contributed by atoms with E-state index in [9.17, 15) is 24.5 Å². The minimum atomic E-state index is -1.10. The zero-order chi connectivity index (χ0) is 18.7. The number of nitro groups is 1. The van der Waals surface area contributed by atoms with Crippen LogP contribution in [0.5, 0.6) is 0 Å². The van der Waals surface area contributed by atoms with E-state index in [2.05, 4.69) is 0 Å². The number of benzene rings is 1. The average molecular weight is 351 g/mol. The zero-order valence-electron chi connectivity index (χ0n) is 13.7. The maximum absolute atomic E-state index is 12.0. The van der Waals surface area contributed by atoms with E-state index < -0.39 is 22.7 Å². The second-order valence-corrected chi connectivity index (χ2v) is 5.55. The SMILES string of the molecule is CC(C(=O)O)N(C)C(=O)CCCn1c(=O)oc2cc([N+](=O)[O-])ccc21. The molecule has 0 spiro atoms. The highest BCUT2D eigenvalue weighted by Crippen LogP contribution is 2.20. The summed E-state index contributed by atoms with van der Waals surface area (Å²) in [6.45, 7) is 1.58. The summed E-state index contributed by atoms with van der Waals surface area (Å²) in [6.07, 6.45) is 0.348. The van der Waals surface area contributed by atoms with Gasteiger partial charge < -0.3 is 14.4 Å². The molecule has 10 heteroatoms. The van der Waals surface area contributed by atoms with Gasteiger partial charge in [0, 0.05) is 26.1 Å². The molecular formula is C15H17N3O7. The van der Waals surface area contributed by atoms with Crippen LogP contribution in [-0.4, -0.2) is 44.5 Å². The molecule has 10 nitrogen and oxygen atoms in total. The van der Waals surface area contributed by atoms with Crippen LogP contribution < -0.4 is 5.76 Å². The summed E-state index contributed by atoms with van der Waals surface area (Å²) in [7, 11) is 1.40. The third-order valence-corrected chi connectivity index (χ3v) is 3.97. The van der Waals surface area contributed by atoms with E-state index >= 15 is 0 Å². The molecule has 0 aliphatic carbocycles. The lowest BCUT2D eigenvalue weighted by molar-refractivity contribution is -0.384. The van der Waals surface area contributed by atoms with Crippen molar-refractivity contribution in [3.05, 3.63) is 38.9 Å². The Hall–Kier alpha value is -3.17. The van der Waals surface area contributed by atoms with Crippen LogP contribution in [-0.2, 0) is 16.1 Å². The van der Waals surface area contributed by atoms with Gasteiger partial charge in [0.1, 0.15) is 6.04 Å². The molecule has 0 aliphatic heterocycles. The van der Waals surface area contributed by atoms with Gasteiger partial charge in [-0.05, 0) is 19.4 Å². The Morgan fingerprint density at radius 2 is 2.12 bits per heavy atom. The van der Waals surface area contributed by atoms with Gasteiger partial charge in [-0.25, -0.2) is 9.59 Å². The van der Waals surface area contributed by atoms with E-state index in [1.165, 1.54) is 36.7 Å². The molecule has 1 atom stereocenters. The molecule has 25 heavy (non-hydrogen) atoms. The molecule has 0 bridgehead atoms. The van der Waals surface area contributed by atoms with Crippen LogP contribution in [0.3, 0.4) is 0 Å². The lowest BCUT2D eigenvalue weighted by Crippen LogP contribution is -2.40. The number of carbonyl (C=O) groups excluding carboxylic acids is 1. The first-order chi connectivity index (χ1) is 11.7. The molecular weight excluding hydrogens is 334 g/mol. The molecule has 1 N–H and O–H groups in total. The Bertz CT molecular complexity index is 883. The fourth-order valence-corrected chi connectivity index (χ4v) is 2.33. The highest BCUT2D eigenvalue weighted by molar-refractivity contribution is 5.83. The minimum Gasteiger partial charge on any atom is -0.480 e. The molecule has 1 aromatic heterocycles.